The predicted molar refractivity (Wildman–Crippen MR) is 79.2 cm³/mol. The zero-order valence-corrected chi connectivity index (χ0v) is 12.6. The molecule has 1 aromatic rings. The fraction of sp³-hybridized carbons (Fsp3) is 0.333. The van der Waals surface area contributed by atoms with Crippen LogP contribution < -0.4 is 0 Å². The molecule has 21 heavy (non-hydrogen) atoms. The average molecular weight is 329 g/mol. The Balaban J connectivity index is 1.99. The molecule has 0 radical (unpaired) electrons. The molecule has 0 heterocycles. The summed E-state index contributed by atoms with van der Waals surface area (Å²) in [5.41, 5.74) is 0.705. The van der Waals surface area contributed by atoms with Crippen LogP contribution >= 0.6 is 23.2 Å². The summed E-state index contributed by atoms with van der Waals surface area (Å²) in [7, 11) is 0. The predicted octanol–water partition coefficient (Wildman–Crippen LogP) is 3.70. The SMILES string of the molecule is O=C(OCc1ccc(Cl)c(Cl)c1)[C@H]1CC=CC[C@H]1C(=O)O. The summed E-state index contributed by atoms with van der Waals surface area (Å²) in [4.78, 5) is 23.2. The van der Waals surface area contributed by atoms with Crippen molar-refractivity contribution in [3.8, 4) is 0 Å². The second-order valence-corrected chi connectivity index (χ2v) is 5.66. The van der Waals surface area contributed by atoms with E-state index in [2.05, 4.69) is 0 Å². The topological polar surface area (TPSA) is 63.6 Å². The van der Waals surface area contributed by atoms with E-state index in [1.807, 2.05) is 6.08 Å². The van der Waals surface area contributed by atoms with Crippen molar-refractivity contribution in [2.24, 2.45) is 11.8 Å². The molecule has 6 heteroatoms. The van der Waals surface area contributed by atoms with E-state index in [-0.39, 0.29) is 6.61 Å². The fourth-order valence-electron chi connectivity index (χ4n) is 2.24. The molecule has 1 aromatic carbocycles. The Labute approximate surface area is 132 Å². The van der Waals surface area contributed by atoms with Gasteiger partial charge < -0.3 is 9.84 Å². The van der Waals surface area contributed by atoms with Crippen LogP contribution in [0.4, 0.5) is 0 Å². The van der Waals surface area contributed by atoms with Gasteiger partial charge in [-0.15, -0.1) is 0 Å². The van der Waals surface area contributed by atoms with Crippen LogP contribution in [0, 0.1) is 11.8 Å². The lowest BCUT2D eigenvalue weighted by Crippen LogP contribution is -2.32. The van der Waals surface area contributed by atoms with Crippen molar-refractivity contribution in [2.45, 2.75) is 19.4 Å². The zero-order chi connectivity index (χ0) is 15.4. The molecule has 2 atom stereocenters. The highest BCUT2D eigenvalue weighted by atomic mass is 35.5. The maximum Gasteiger partial charge on any atom is 0.310 e. The molecule has 0 fully saturated rings. The van der Waals surface area contributed by atoms with Crippen LogP contribution in [-0.4, -0.2) is 17.0 Å². The van der Waals surface area contributed by atoms with E-state index in [4.69, 9.17) is 33.0 Å². The van der Waals surface area contributed by atoms with Gasteiger partial charge in [0.05, 0.1) is 21.9 Å². The number of halogens is 2. The molecule has 1 N–H and O–H groups in total. The third kappa shape index (κ3) is 3.99. The summed E-state index contributed by atoms with van der Waals surface area (Å²) in [5.74, 6) is -2.85. The van der Waals surface area contributed by atoms with Gasteiger partial charge in [0.15, 0.2) is 0 Å². The summed E-state index contributed by atoms with van der Waals surface area (Å²) < 4.78 is 5.20. The lowest BCUT2D eigenvalue weighted by molar-refractivity contribution is -0.158. The molecule has 0 aromatic heterocycles. The van der Waals surface area contributed by atoms with Gasteiger partial charge in [-0.1, -0.05) is 41.4 Å². The molecule has 0 bridgehead atoms. The molecule has 2 rings (SSSR count). The van der Waals surface area contributed by atoms with Crippen molar-refractivity contribution in [1.82, 2.24) is 0 Å². The van der Waals surface area contributed by atoms with Gasteiger partial charge in [0, 0.05) is 0 Å². The summed E-state index contributed by atoms with van der Waals surface area (Å²) in [6, 6.07) is 4.94. The first-order valence-corrected chi connectivity index (χ1v) is 7.23. The van der Waals surface area contributed by atoms with Crippen molar-refractivity contribution in [3.05, 3.63) is 46.0 Å². The van der Waals surface area contributed by atoms with Crippen molar-refractivity contribution in [2.75, 3.05) is 0 Å². The molecular formula is C15H14Cl2O4. The molecule has 0 amide bonds. The number of carbonyl (C=O) groups excluding carboxylic acids is 1. The van der Waals surface area contributed by atoms with Crippen LogP contribution in [0.25, 0.3) is 0 Å². The molecule has 1 aliphatic rings. The van der Waals surface area contributed by atoms with Gasteiger partial charge in [0.2, 0.25) is 0 Å². The molecule has 0 saturated carbocycles. The summed E-state index contributed by atoms with van der Waals surface area (Å²) in [6.45, 7) is 0.0439. The molecule has 4 nitrogen and oxygen atoms in total. The van der Waals surface area contributed by atoms with Crippen LogP contribution in [0.15, 0.2) is 30.4 Å². The zero-order valence-electron chi connectivity index (χ0n) is 11.1. The number of allylic oxidation sites excluding steroid dienone is 2. The van der Waals surface area contributed by atoms with Crippen molar-refractivity contribution in [3.63, 3.8) is 0 Å². The van der Waals surface area contributed by atoms with E-state index >= 15 is 0 Å². The Kier molecular flexibility index (Phi) is 5.26. The van der Waals surface area contributed by atoms with Crippen LogP contribution in [0.1, 0.15) is 18.4 Å². The Bertz CT molecular complexity index is 583. The minimum atomic E-state index is -0.976. The molecule has 1 aliphatic carbocycles. The van der Waals surface area contributed by atoms with Gasteiger partial charge in [-0.25, -0.2) is 0 Å². The minimum Gasteiger partial charge on any atom is -0.481 e. The van der Waals surface area contributed by atoms with E-state index in [1.54, 1.807) is 24.3 Å². The highest BCUT2D eigenvalue weighted by molar-refractivity contribution is 6.42. The maximum absolute atomic E-state index is 12.1. The molecule has 0 unspecified atom stereocenters. The summed E-state index contributed by atoms with van der Waals surface area (Å²) >= 11 is 11.7. The molecule has 112 valence electrons. The van der Waals surface area contributed by atoms with Crippen molar-refractivity contribution >= 4 is 35.1 Å². The molecular weight excluding hydrogens is 315 g/mol. The van der Waals surface area contributed by atoms with Crippen LogP contribution in [-0.2, 0) is 20.9 Å². The van der Waals surface area contributed by atoms with Gasteiger partial charge in [0.25, 0.3) is 0 Å². The van der Waals surface area contributed by atoms with Crippen molar-refractivity contribution in [1.29, 1.82) is 0 Å². The molecule has 0 aliphatic heterocycles. The summed E-state index contributed by atoms with van der Waals surface area (Å²) in [6.07, 6.45) is 4.32. The third-order valence-corrected chi connectivity index (χ3v) is 4.16. The third-order valence-electron chi connectivity index (χ3n) is 3.42. The maximum atomic E-state index is 12.1. The largest absolute Gasteiger partial charge is 0.481 e. The number of hydrogen-bond donors (Lipinski definition) is 1. The first-order chi connectivity index (χ1) is 9.99. The Morgan fingerprint density at radius 3 is 2.43 bits per heavy atom. The second kappa shape index (κ2) is 6.96. The van der Waals surface area contributed by atoms with Crippen molar-refractivity contribution < 1.29 is 19.4 Å². The Morgan fingerprint density at radius 1 is 1.14 bits per heavy atom. The van der Waals surface area contributed by atoms with Crippen LogP contribution in [0.2, 0.25) is 10.0 Å². The number of benzene rings is 1. The highest BCUT2D eigenvalue weighted by Gasteiger charge is 2.35. The van der Waals surface area contributed by atoms with Gasteiger partial charge in [0.1, 0.15) is 6.61 Å². The Morgan fingerprint density at radius 2 is 1.81 bits per heavy atom. The first-order valence-electron chi connectivity index (χ1n) is 6.47. The molecule has 0 saturated heterocycles. The number of hydrogen-bond acceptors (Lipinski definition) is 3. The van der Waals surface area contributed by atoms with E-state index in [1.165, 1.54) is 0 Å². The van der Waals surface area contributed by atoms with Gasteiger partial charge in [-0.05, 0) is 30.5 Å². The number of esters is 1. The quantitative estimate of drug-likeness (QED) is 0.676. The second-order valence-electron chi connectivity index (χ2n) is 4.85. The Hall–Kier alpha value is -1.52. The van der Waals surface area contributed by atoms with E-state index in [0.29, 0.717) is 28.5 Å². The monoisotopic (exact) mass is 328 g/mol. The van der Waals surface area contributed by atoms with E-state index in [9.17, 15) is 9.59 Å². The van der Waals surface area contributed by atoms with E-state index in [0.717, 1.165) is 0 Å². The normalized spacial score (nSPS) is 21.0. The van der Waals surface area contributed by atoms with Gasteiger partial charge in [-0.3, -0.25) is 9.59 Å². The number of carboxylic acids is 1. The van der Waals surface area contributed by atoms with Gasteiger partial charge >= 0.3 is 11.9 Å². The standard InChI is InChI=1S/C15H14Cl2O4/c16-12-6-5-9(7-13(12)17)8-21-15(20)11-4-2-1-3-10(11)14(18)19/h1-2,5-7,10-11H,3-4,8H2,(H,18,19)/t10-,11+/m1/s1. The average Bonchev–Trinajstić information content (AvgIpc) is 2.48. The van der Waals surface area contributed by atoms with Gasteiger partial charge in [-0.2, -0.15) is 0 Å². The number of ether oxygens (including phenoxy) is 1. The lowest BCUT2D eigenvalue weighted by Gasteiger charge is -2.23. The van der Waals surface area contributed by atoms with Crippen LogP contribution in [0.5, 0.6) is 0 Å². The number of carbonyl (C=O) groups is 2. The smallest absolute Gasteiger partial charge is 0.310 e. The number of rotatable bonds is 4. The van der Waals surface area contributed by atoms with Crippen LogP contribution in [0.3, 0.4) is 0 Å². The number of aliphatic carboxylic acids is 1. The highest BCUT2D eigenvalue weighted by Crippen LogP contribution is 2.28. The van der Waals surface area contributed by atoms with E-state index < -0.39 is 23.8 Å². The first kappa shape index (κ1) is 15.9. The lowest BCUT2D eigenvalue weighted by atomic mass is 9.83. The number of carboxylic acid groups (broad SMARTS) is 1. The minimum absolute atomic E-state index is 0.0439. The molecule has 0 spiro atoms. The summed E-state index contributed by atoms with van der Waals surface area (Å²) in [5, 5.41) is 9.95. The fourth-order valence-corrected chi connectivity index (χ4v) is 2.56.